The number of carbonyl (C=O) groups excluding carboxylic acids is 1. The van der Waals surface area contributed by atoms with E-state index in [4.69, 9.17) is 0 Å². The van der Waals surface area contributed by atoms with Crippen molar-refractivity contribution in [2.24, 2.45) is 0 Å². The lowest BCUT2D eigenvalue weighted by Gasteiger charge is -2.23. The molecule has 4 rings (SSSR count). The van der Waals surface area contributed by atoms with Crippen LogP contribution in [0.5, 0.6) is 0 Å². The fourth-order valence-corrected chi connectivity index (χ4v) is 4.69. The maximum absolute atomic E-state index is 13.0. The van der Waals surface area contributed by atoms with E-state index in [-0.39, 0.29) is 11.2 Å². The molecule has 0 N–H and O–H groups in total. The minimum atomic E-state index is -0.202. The molecule has 156 valence electrons. The lowest BCUT2D eigenvalue weighted by Crippen LogP contribution is -2.37. The van der Waals surface area contributed by atoms with Crippen LogP contribution in [-0.4, -0.2) is 48.9 Å². The van der Waals surface area contributed by atoms with E-state index < -0.39 is 0 Å². The topological polar surface area (TPSA) is 63.9 Å². The molecule has 3 heterocycles. The Morgan fingerprint density at radius 1 is 1.00 bits per heavy atom. The molecule has 1 aliphatic heterocycles. The number of likely N-dealkylation sites (tertiary alicyclic amines) is 1. The molecule has 3 aromatic rings. The van der Waals surface area contributed by atoms with Gasteiger partial charge in [0.1, 0.15) is 0 Å². The van der Waals surface area contributed by atoms with E-state index in [2.05, 4.69) is 31.9 Å². The monoisotopic (exact) mass is 421 g/mol. The average Bonchev–Trinajstić information content (AvgIpc) is 2.99. The number of hydrogen-bond acceptors (Lipinski definition) is 5. The molecule has 30 heavy (non-hydrogen) atoms. The first-order chi connectivity index (χ1) is 14.7. The maximum Gasteiger partial charge on any atom is 0.235 e. The predicted molar refractivity (Wildman–Crippen MR) is 119 cm³/mol. The van der Waals surface area contributed by atoms with Crippen LogP contribution in [0.25, 0.3) is 11.4 Å². The van der Waals surface area contributed by atoms with Gasteiger partial charge < -0.3 is 4.90 Å². The molecule has 1 aliphatic rings. The molecule has 1 amide bonds. The van der Waals surface area contributed by atoms with E-state index in [9.17, 15) is 4.79 Å². The highest BCUT2D eigenvalue weighted by molar-refractivity contribution is 8.00. The number of rotatable bonds is 6. The molecule has 1 fully saturated rings. The summed E-state index contributed by atoms with van der Waals surface area (Å²) in [4.78, 5) is 19.2. The number of pyridine rings is 1. The number of hydrogen-bond donors (Lipinski definition) is 0. The Labute approximate surface area is 181 Å². The van der Waals surface area contributed by atoms with Gasteiger partial charge in [0.15, 0.2) is 11.0 Å². The van der Waals surface area contributed by atoms with Crippen molar-refractivity contribution in [1.82, 2.24) is 24.6 Å². The van der Waals surface area contributed by atoms with Gasteiger partial charge in [-0.3, -0.25) is 14.3 Å². The van der Waals surface area contributed by atoms with Crippen molar-refractivity contribution in [2.75, 3.05) is 13.1 Å². The fraction of sp³-hybridized carbons (Fsp3) is 0.391. The van der Waals surface area contributed by atoms with E-state index in [1.807, 2.05) is 42.2 Å². The molecule has 0 aliphatic carbocycles. The molecular weight excluding hydrogens is 394 g/mol. The SMILES string of the molecule is CC(Sc1nnc(-c2ccncc2)n1Cc1ccccc1)C(=O)N1CCCCCC1. The van der Waals surface area contributed by atoms with Gasteiger partial charge in [0, 0.05) is 31.0 Å². The van der Waals surface area contributed by atoms with Crippen LogP contribution in [0.3, 0.4) is 0 Å². The molecule has 0 saturated carbocycles. The van der Waals surface area contributed by atoms with E-state index in [1.165, 1.54) is 30.2 Å². The van der Waals surface area contributed by atoms with Crippen molar-refractivity contribution < 1.29 is 4.79 Å². The summed E-state index contributed by atoms with van der Waals surface area (Å²) < 4.78 is 2.10. The molecule has 6 nitrogen and oxygen atoms in total. The Morgan fingerprint density at radius 2 is 1.70 bits per heavy atom. The Morgan fingerprint density at radius 3 is 2.40 bits per heavy atom. The summed E-state index contributed by atoms with van der Waals surface area (Å²) in [7, 11) is 0. The summed E-state index contributed by atoms with van der Waals surface area (Å²) in [5, 5.41) is 9.48. The average molecular weight is 422 g/mol. The second-order valence-electron chi connectivity index (χ2n) is 7.61. The van der Waals surface area contributed by atoms with Crippen LogP contribution in [0.1, 0.15) is 38.2 Å². The number of nitrogens with zero attached hydrogens (tertiary/aromatic N) is 5. The van der Waals surface area contributed by atoms with Gasteiger partial charge in [0.2, 0.25) is 5.91 Å². The van der Waals surface area contributed by atoms with Gasteiger partial charge in [-0.1, -0.05) is 54.9 Å². The zero-order valence-electron chi connectivity index (χ0n) is 17.3. The number of thioether (sulfide) groups is 1. The van der Waals surface area contributed by atoms with Crippen LogP contribution in [0.4, 0.5) is 0 Å². The number of benzene rings is 1. The molecule has 2 aromatic heterocycles. The lowest BCUT2D eigenvalue weighted by molar-refractivity contribution is -0.130. The molecule has 0 bridgehead atoms. The van der Waals surface area contributed by atoms with E-state index >= 15 is 0 Å². The van der Waals surface area contributed by atoms with Crippen molar-refractivity contribution in [2.45, 2.75) is 49.6 Å². The fourth-order valence-electron chi connectivity index (χ4n) is 3.76. The summed E-state index contributed by atoms with van der Waals surface area (Å²) in [6.45, 7) is 4.36. The second kappa shape index (κ2) is 9.89. The molecular formula is C23H27N5OS. The Hall–Kier alpha value is -2.67. The third-order valence-corrected chi connectivity index (χ3v) is 6.45. The summed E-state index contributed by atoms with van der Waals surface area (Å²) in [5.41, 5.74) is 2.13. The van der Waals surface area contributed by atoms with Crippen LogP contribution in [0.2, 0.25) is 0 Å². The van der Waals surface area contributed by atoms with Crippen molar-refractivity contribution in [1.29, 1.82) is 0 Å². The van der Waals surface area contributed by atoms with Crippen LogP contribution in [0, 0.1) is 0 Å². The maximum atomic E-state index is 13.0. The quantitative estimate of drug-likeness (QED) is 0.556. The zero-order chi connectivity index (χ0) is 20.8. The molecule has 1 unspecified atom stereocenters. The highest BCUT2D eigenvalue weighted by atomic mass is 32.2. The van der Waals surface area contributed by atoms with Gasteiger partial charge in [-0.2, -0.15) is 0 Å². The van der Waals surface area contributed by atoms with Gasteiger partial charge >= 0.3 is 0 Å². The summed E-state index contributed by atoms with van der Waals surface area (Å²) in [6.07, 6.45) is 8.14. The predicted octanol–water partition coefficient (Wildman–Crippen LogP) is 4.27. The standard InChI is InChI=1S/C23H27N5OS/c1-18(22(29)27-15-7-2-3-8-16-27)30-23-26-25-21(20-11-13-24-14-12-20)28(23)17-19-9-5-4-6-10-19/h4-6,9-14,18H,2-3,7-8,15-17H2,1H3. The minimum absolute atomic E-state index is 0.196. The first-order valence-electron chi connectivity index (χ1n) is 10.6. The normalized spacial score (nSPS) is 15.6. The number of carbonyl (C=O) groups is 1. The molecule has 0 spiro atoms. The van der Waals surface area contributed by atoms with E-state index in [0.29, 0.717) is 6.54 Å². The first kappa shape index (κ1) is 20.6. The van der Waals surface area contributed by atoms with Gasteiger partial charge in [-0.25, -0.2) is 0 Å². The van der Waals surface area contributed by atoms with Gasteiger partial charge in [-0.15, -0.1) is 10.2 Å². The largest absolute Gasteiger partial charge is 0.342 e. The van der Waals surface area contributed by atoms with Gasteiger partial charge in [0.25, 0.3) is 0 Å². The van der Waals surface area contributed by atoms with Crippen molar-refractivity contribution in [3.05, 3.63) is 60.4 Å². The summed E-state index contributed by atoms with van der Waals surface area (Å²) >= 11 is 1.50. The van der Waals surface area contributed by atoms with Crippen molar-refractivity contribution in [3.63, 3.8) is 0 Å². The van der Waals surface area contributed by atoms with E-state index in [0.717, 1.165) is 42.5 Å². The Bertz CT molecular complexity index is 952. The third kappa shape index (κ3) is 4.90. The number of aromatic nitrogens is 4. The second-order valence-corrected chi connectivity index (χ2v) is 8.92. The van der Waals surface area contributed by atoms with Crippen LogP contribution >= 0.6 is 11.8 Å². The van der Waals surface area contributed by atoms with Gasteiger partial charge in [0.05, 0.1) is 11.8 Å². The number of amides is 1. The molecule has 1 saturated heterocycles. The van der Waals surface area contributed by atoms with Crippen molar-refractivity contribution in [3.8, 4) is 11.4 Å². The summed E-state index contributed by atoms with van der Waals surface area (Å²) in [5.74, 6) is 0.986. The third-order valence-electron chi connectivity index (χ3n) is 5.39. The zero-order valence-corrected chi connectivity index (χ0v) is 18.1. The Balaban J connectivity index is 1.59. The van der Waals surface area contributed by atoms with Crippen LogP contribution in [-0.2, 0) is 11.3 Å². The molecule has 7 heteroatoms. The van der Waals surface area contributed by atoms with E-state index in [1.54, 1.807) is 12.4 Å². The smallest absolute Gasteiger partial charge is 0.235 e. The highest BCUT2D eigenvalue weighted by Crippen LogP contribution is 2.29. The lowest BCUT2D eigenvalue weighted by atomic mass is 10.2. The summed E-state index contributed by atoms with van der Waals surface area (Å²) in [6, 6.07) is 14.1. The van der Waals surface area contributed by atoms with Gasteiger partial charge in [-0.05, 0) is 37.5 Å². The molecule has 0 radical (unpaired) electrons. The first-order valence-corrected chi connectivity index (χ1v) is 11.4. The highest BCUT2D eigenvalue weighted by Gasteiger charge is 2.25. The molecule has 1 aromatic carbocycles. The Kier molecular flexibility index (Phi) is 6.79. The van der Waals surface area contributed by atoms with Crippen LogP contribution < -0.4 is 0 Å². The van der Waals surface area contributed by atoms with Crippen LogP contribution in [0.15, 0.2) is 60.0 Å². The van der Waals surface area contributed by atoms with Crippen molar-refractivity contribution >= 4 is 17.7 Å². The minimum Gasteiger partial charge on any atom is -0.342 e. The molecule has 1 atom stereocenters.